The first-order chi connectivity index (χ1) is 30.4. The van der Waals surface area contributed by atoms with E-state index in [2.05, 4.69) is 30.8 Å². The second-order valence-corrected chi connectivity index (χ2v) is 19.2. The molecule has 2 aromatic carbocycles. The maximum absolute atomic E-state index is 14.0. The van der Waals surface area contributed by atoms with Gasteiger partial charge in [0.15, 0.2) is 5.65 Å². The molecule has 334 valence electrons. The number of aromatic amines is 1. The highest BCUT2D eigenvalue weighted by molar-refractivity contribution is 7.13. The Morgan fingerprint density at radius 3 is 2.30 bits per heavy atom. The van der Waals surface area contributed by atoms with Crippen LogP contribution >= 0.6 is 11.3 Å². The molecule has 14 heteroatoms. The van der Waals surface area contributed by atoms with Gasteiger partial charge in [0.2, 0.25) is 23.6 Å². The molecule has 7 rings (SSSR count). The van der Waals surface area contributed by atoms with Gasteiger partial charge in [-0.05, 0) is 72.9 Å². The zero-order valence-corrected chi connectivity index (χ0v) is 37.9. The summed E-state index contributed by atoms with van der Waals surface area (Å²) in [5.74, 6) is 0.107. The van der Waals surface area contributed by atoms with Crippen LogP contribution in [0.1, 0.15) is 121 Å². The van der Waals surface area contributed by atoms with Crippen LogP contribution in [-0.4, -0.2) is 90.4 Å². The number of aromatic hydroxyl groups is 1. The molecule has 5 aromatic rings. The number of carbonyl (C=O) groups is 4. The molecule has 0 bridgehead atoms. The maximum Gasteiger partial charge on any atom is 0.246 e. The largest absolute Gasteiger partial charge is 0.507 e. The number of likely N-dealkylation sites (tertiary alicyclic amines) is 2. The number of benzene rings is 2. The van der Waals surface area contributed by atoms with Crippen molar-refractivity contribution in [2.45, 2.75) is 129 Å². The second kappa shape index (κ2) is 20.7. The van der Waals surface area contributed by atoms with Gasteiger partial charge in [0.25, 0.3) is 0 Å². The first-order valence-corrected chi connectivity index (χ1v) is 23.5. The van der Waals surface area contributed by atoms with Crippen LogP contribution < -0.4 is 10.6 Å². The van der Waals surface area contributed by atoms with Crippen LogP contribution in [0.15, 0.2) is 66.3 Å². The molecule has 13 nitrogen and oxygen atoms in total. The van der Waals surface area contributed by atoms with Gasteiger partial charge in [-0.3, -0.25) is 19.2 Å². The Bertz CT molecular complexity index is 2360. The summed E-state index contributed by atoms with van der Waals surface area (Å²) in [5, 5.41) is 26.0. The first kappa shape index (κ1) is 45.4. The number of nitrogens with one attached hydrogen (secondary N) is 3. The van der Waals surface area contributed by atoms with Crippen molar-refractivity contribution in [3.63, 3.8) is 0 Å². The molecule has 0 aliphatic carbocycles. The Balaban J connectivity index is 0.750. The lowest BCUT2D eigenvalue weighted by Gasteiger charge is -2.39. The lowest BCUT2D eigenvalue weighted by molar-refractivity contribution is -0.143. The van der Waals surface area contributed by atoms with Gasteiger partial charge in [0.05, 0.1) is 21.8 Å². The molecule has 5 heterocycles. The van der Waals surface area contributed by atoms with Gasteiger partial charge in [0, 0.05) is 62.1 Å². The van der Waals surface area contributed by atoms with Crippen molar-refractivity contribution in [3.05, 3.63) is 83.1 Å². The molecule has 0 saturated carbocycles. The van der Waals surface area contributed by atoms with Crippen molar-refractivity contribution in [2.24, 2.45) is 5.41 Å². The number of phenols is 1. The van der Waals surface area contributed by atoms with Gasteiger partial charge in [0.1, 0.15) is 17.8 Å². The number of nitrogens with zero attached hydrogens (tertiary/aromatic N) is 5. The van der Waals surface area contributed by atoms with Crippen LogP contribution in [0.4, 0.5) is 0 Å². The van der Waals surface area contributed by atoms with Crippen molar-refractivity contribution in [1.82, 2.24) is 40.6 Å². The van der Waals surface area contributed by atoms with Crippen molar-refractivity contribution >= 4 is 46.0 Å². The van der Waals surface area contributed by atoms with Crippen LogP contribution in [0.2, 0.25) is 0 Å². The van der Waals surface area contributed by atoms with Crippen LogP contribution in [0.3, 0.4) is 0 Å². The summed E-state index contributed by atoms with van der Waals surface area (Å²) in [6.07, 6.45) is 12.1. The minimum absolute atomic E-state index is 0.132. The minimum atomic E-state index is -0.726. The number of aromatic nitrogens is 4. The molecule has 2 aliphatic heterocycles. The summed E-state index contributed by atoms with van der Waals surface area (Å²) < 4.78 is 0. The van der Waals surface area contributed by atoms with E-state index >= 15 is 0 Å². The molecule has 2 fully saturated rings. The minimum Gasteiger partial charge on any atom is -0.507 e. The van der Waals surface area contributed by atoms with Crippen LogP contribution in [0.25, 0.3) is 32.7 Å². The number of amides is 4. The average Bonchev–Trinajstić information content (AvgIpc) is 4.02. The van der Waals surface area contributed by atoms with Crippen molar-refractivity contribution < 1.29 is 24.3 Å². The van der Waals surface area contributed by atoms with Gasteiger partial charge in [-0.25, -0.2) is 4.98 Å². The summed E-state index contributed by atoms with van der Waals surface area (Å²) in [6, 6.07) is 15.9. The highest BCUT2D eigenvalue weighted by Gasteiger charge is 2.42. The summed E-state index contributed by atoms with van der Waals surface area (Å²) in [6.45, 7) is 10.1. The lowest BCUT2D eigenvalue weighted by Crippen LogP contribution is -2.57. The number of fused-ring (bicyclic) bond motifs is 1. The average molecular weight is 875 g/mol. The predicted molar refractivity (Wildman–Crippen MR) is 247 cm³/mol. The van der Waals surface area contributed by atoms with E-state index in [1.54, 1.807) is 28.4 Å². The van der Waals surface area contributed by atoms with E-state index < -0.39 is 17.5 Å². The summed E-state index contributed by atoms with van der Waals surface area (Å²) in [7, 11) is 0. The van der Waals surface area contributed by atoms with Crippen LogP contribution in [0, 0.1) is 12.3 Å². The molecule has 2 aliphatic rings. The Morgan fingerprint density at radius 2 is 1.62 bits per heavy atom. The quantitative estimate of drug-likeness (QED) is 0.0599. The smallest absolute Gasteiger partial charge is 0.246 e. The second-order valence-electron chi connectivity index (χ2n) is 18.3. The molecular formula is C49H62N8O5S. The molecule has 0 unspecified atom stereocenters. The normalized spacial score (nSPS) is 16.0. The predicted octanol–water partition coefficient (Wildman–Crippen LogP) is 8.43. The zero-order chi connectivity index (χ0) is 44.5. The molecule has 0 spiro atoms. The Labute approximate surface area is 374 Å². The summed E-state index contributed by atoms with van der Waals surface area (Å²) in [5.41, 5.74) is 7.47. The molecule has 2 saturated heterocycles. The SMILES string of the molecule is Cc1ncsc1-c1ccc(CNC(=O)[C@@H]2CCCN2C(=O)[C@@H](NC(=O)CCCCCCCCCCC(=O)N2CC(c3c[nH]c4nnc(-c5ccccc5O)cc34)C2)C(C)(C)C)cc1. The van der Waals surface area contributed by atoms with Crippen LogP contribution in [0.5, 0.6) is 5.75 Å². The molecule has 4 amide bonds. The molecule has 2 atom stereocenters. The summed E-state index contributed by atoms with van der Waals surface area (Å²) >= 11 is 1.61. The number of thiazole rings is 1. The number of hydrogen-bond acceptors (Lipinski definition) is 9. The van der Waals surface area contributed by atoms with Crippen molar-refractivity contribution in [3.8, 4) is 27.4 Å². The number of H-pyrrole nitrogens is 1. The van der Waals surface area contributed by atoms with Gasteiger partial charge in [-0.15, -0.1) is 21.5 Å². The number of carbonyl (C=O) groups excluding carboxylic acids is 4. The number of hydrogen-bond donors (Lipinski definition) is 4. The third-order valence-corrected chi connectivity index (χ3v) is 13.5. The lowest BCUT2D eigenvalue weighted by atomic mass is 9.85. The fourth-order valence-electron chi connectivity index (χ4n) is 8.77. The maximum atomic E-state index is 14.0. The fraction of sp³-hybridized carbons (Fsp3) is 0.490. The van der Waals surface area contributed by atoms with E-state index in [1.165, 1.54) is 0 Å². The number of para-hydroxylation sites is 1. The molecule has 0 radical (unpaired) electrons. The van der Waals surface area contributed by atoms with Gasteiger partial charge < -0.3 is 30.5 Å². The number of phenolic OH excluding ortho intramolecular Hbond substituents is 1. The number of rotatable bonds is 19. The van der Waals surface area contributed by atoms with Crippen molar-refractivity contribution in [1.29, 1.82) is 0 Å². The molecule has 63 heavy (non-hydrogen) atoms. The highest BCUT2D eigenvalue weighted by atomic mass is 32.1. The van der Waals surface area contributed by atoms with E-state index in [9.17, 15) is 24.3 Å². The molecule has 3 aromatic heterocycles. The monoisotopic (exact) mass is 874 g/mol. The van der Waals surface area contributed by atoms with E-state index in [4.69, 9.17) is 0 Å². The van der Waals surface area contributed by atoms with E-state index in [-0.39, 0.29) is 35.3 Å². The van der Waals surface area contributed by atoms with E-state index in [0.717, 1.165) is 90.4 Å². The zero-order valence-electron chi connectivity index (χ0n) is 37.1. The fourth-order valence-corrected chi connectivity index (χ4v) is 9.58. The topological polar surface area (TPSA) is 174 Å². The third kappa shape index (κ3) is 11.3. The third-order valence-electron chi connectivity index (χ3n) is 12.6. The van der Waals surface area contributed by atoms with E-state index in [0.29, 0.717) is 62.3 Å². The molecular weight excluding hydrogens is 813 g/mol. The van der Waals surface area contributed by atoms with Gasteiger partial charge in [-0.2, -0.15) is 0 Å². The van der Waals surface area contributed by atoms with Gasteiger partial charge in [-0.1, -0.05) is 95.7 Å². The van der Waals surface area contributed by atoms with Crippen LogP contribution in [-0.2, 0) is 25.7 Å². The Morgan fingerprint density at radius 1 is 0.921 bits per heavy atom. The molecule has 4 N–H and O–H groups in total. The standard InChI is InChI=1S/C49H62N8O5S/c1-32-44(63-31-52-32)34-23-21-33(22-24-34)27-51-47(61)40-17-15-25-57(40)48(62)45(49(2,3)4)53-42(59)19-11-9-7-5-6-8-10-12-20-43(60)56-29-35(30-56)38-28-50-46-37(38)26-39(54-55-46)36-16-13-14-18-41(36)58/h13-14,16,18,21-24,26,28,31,35,40,45,58H,5-12,15,17,19-20,25,27,29-30H2,1-4H3,(H,50,55)(H,51,61)(H,53,59)/t40-,45+/m0/s1. The Kier molecular flexibility index (Phi) is 14.9. The van der Waals surface area contributed by atoms with Crippen molar-refractivity contribution in [2.75, 3.05) is 19.6 Å². The van der Waals surface area contributed by atoms with Gasteiger partial charge >= 0.3 is 0 Å². The Hall–Kier alpha value is -5.63. The number of aryl methyl sites for hydroxylation is 1. The number of unbranched alkanes of at least 4 members (excludes halogenated alkanes) is 7. The summed E-state index contributed by atoms with van der Waals surface area (Å²) in [4.78, 5) is 65.7. The first-order valence-electron chi connectivity index (χ1n) is 22.6. The highest BCUT2D eigenvalue weighted by Crippen LogP contribution is 2.35. The van der Waals surface area contributed by atoms with E-state index in [1.807, 2.05) is 86.8 Å².